The predicted molar refractivity (Wildman–Crippen MR) is 84.4 cm³/mol. The maximum Gasteiger partial charge on any atom is 0.327 e. The summed E-state index contributed by atoms with van der Waals surface area (Å²) in [5.74, 6) is -0.150. The van der Waals surface area contributed by atoms with E-state index in [1.807, 2.05) is 18.7 Å². The molecule has 5 nitrogen and oxygen atoms in total. The van der Waals surface area contributed by atoms with Gasteiger partial charge in [-0.2, -0.15) is 0 Å². The Hall–Kier alpha value is -0.910. The molecule has 2 fully saturated rings. The van der Waals surface area contributed by atoms with Crippen LogP contribution in [0.2, 0.25) is 0 Å². The number of rotatable bonds is 3. The van der Waals surface area contributed by atoms with Crippen molar-refractivity contribution < 1.29 is 14.7 Å². The van der Waals surface area contributed by atoms with Crippen LogP contribution in [-0.4, -0.2) is 56.2 Å². The summed E-state index contributed by atoms with van der Waals surface area (Å²) in [7, 11) is 0. The van der Waals surface area contributed by atoms with E-state index < -0.39 is 12.0 Å². The van der Waals surface area contributed by atoms with E-state index in [-0.39, 0.29) is 29.4 Å². The lowest BCUT2D eigenvalue weighted by Crippen LogP contribution is -2.55. The van der Waals surface area contributed by atoms with Gasteiger partial charge in [-0.05, 0) is 32.1 Å². The van der Waals surface area contributed by atoms with E-state index in [4.69, 9.17) is 0 Å². The van der Waals surface area contributed by atoms with Crippen molar-refractivity contribution in [3.63, 3.8) is 0 Å². The smallest absolute Gasteiger partial charge is 0.327 e. The molecular formula is C15H26N2O3S. The van der Waals surface area contributed by atoms with Crippen LogP contribution < -0.4 is 0 Å². The van der Waals surface area contributed by atoms with Crippen LogP contribution in [0.5, 0.6) is 0 Å². The Morgan fingerprint density at radius 3 is 2.48 bits per heavy atom. The molecule has 0 saturated carbocycles. The summed E-state index contributed by atoms with van der Waals surface area (Å²) in [5, 5.41) is 9.40. The summed E-state index contributed by atoms with van der Waals surface area (Å²) < 4.78 is 0. The minimum absolute atomic E-state index is 0.0380. The summed E-state index contributed by atoms with van der Waals surface area (Å²) in [4.78, 5) is 28.1. The first kappa shape index (κ1) is 16.5. The zero-order valence-electron chi connectivity index (χ0n) is 13.3. The van der Waals surface area contributed by atoms with Gasteiger partial charge in [-0.1, -0.05) is 20.8 Å². The number of amides is 2. The third kappa shape index (κ3) is 3.00. The van der Waals surface area contributed by atoms with E-state index in [1.165, 1.54) is 0 Å². The van der Waals surface area contributed by atoms with Gasteiger partial charge in [0.05, 0.1) is 5.37 Å². The first-order chi connectivity index (χ1) is 9.88. The van der Waals surface area contributed by atoms with Crippen molar-refractivity contribution in [2.24, 2.45) is 5.92 Å². The quantitative estimate of drug-likeness (QED) is 0.870. The Labute approximate surface area is 131 Å². The largest absolute Gasteiger partial charge is 0.480 e. The van der Waals surface area contributed by atoms with Crippen molar-refractivity contribution in [3.8, 4) is 0 Å². The van der Waals surface area contributed by atoms with E-state index in [0.29, 0.717) is 5.75 Å². The van der Waals surface area contributed by atoms with Gasteiger partial charge >= 0.3 is 12.0 Å². The molecule has 21 heavy (non-hydrogen) atoms. The van der Waals surface area contributed by atoms with Crippen molar-refractivity contribution >= 4 is 23.8 Å². The summed E-state index contributed by atoms with van der Waals surface area (Å²) in [6.07, 6.45) is 2.96. The fraction of sp³-hybridized carbons (Fsp3) is 0.867. The van der Waals surface area contributed by atoms with Gasteiger partial charge < -0.3 is 10.0 Å². The molecule has 2 saturated heterocycles. The second-order valence-corrected chi connectivity index (χ2v) is 7.56. The van der Waals surface area contributed by atoms with Gasteiger partial charge in [0, 0.05) is 17.8 Å². The van der Waals surface area contributed by atoms with Crippen molar-refractivity contribution in [2.45, 2.75) is 70.5 Å². The summed E-state index contributed by atoms with van der Waals surface area (Å²) in [6, 6.07) is -0.321. The maximum absolute atomic E-state index is 13.0. The molecule has 0 bridgehead atoms. The van der Waals surface area contributed by atoms with Crippen LogP contribution in [0.4, 0.5) is 4.79 Å². The first-order valence-electron chi connectivity index (χ1n) is 7.83. The minimum Gasteiger partial charge on any atom is -0.480 e. The third-order valence-electron chi connectivity index (χ3n) is 4.59. The lowest BCUT2D eigenvalue weighted by atomic mass is 10.1. The fourth-order valence-corrected chi connectivity index (χ4v) is 4.89. The van der Waals surface area contributed by atoms with Crippen LogP contribution in [-0.2, 0) is 4.79 Å². The van der Waals surface area contributed by atoms with Crippen LogP contribution in [0.15, 0.2) is 0 Å². The number of thioether (sulfide) groups is 1. The Morgan fingerprint density at radius 2 is 1.95 bits per heavy atom. The summed E-state index contributed by atoms with van der Waals surface area (Å²) >= 11 is 1.59. The monoisotopic (exact) mass is 314 g/mol. The van der Waals surface area contributed by atoms with Crippen molar-refractivity contribution in [2.75, 3.05) is 5.75 Å². The number of carboxylic acid groups (broad SMARTS) is 1. The molecule has 2 aliphatic heterocycles. The van der Waals surface area contributed by atoms with E-state index in [2.05, 4.69) is 13.8 Å². The highest BCUT2D eigenvalue weighted by Gasteiger charge is 2.47. The molecule has 4 atom stereocenters. The molecule has 2 rings (SSSR count). The number of urea groups is 1. The minimum atomic E-state index is -0.890. The Bertz CT molecular complexity index is 416. The summed E-state index contributed by atoms with van der Waals surface area (Å²) in [6.45, 7) is 8.26. The number of hydrogen-bond donors (Lipinski definition) is 1. The second kappa shape index (κ2) is 6.46. The van der Waals surface area contributed by atoms with Gasteiger partial charge in [-0.25, -0.2) is 9.59 Å². The van der Waals surface area contributed by atoms with E-state index in [9.17, 15) is 14.7 Å². The number of carbonyl (C=O) groups excluding carboxylic acids is 1. The van der Waals surface area contributed by atoms with Crippen molar-refractivity contribution in [1.29, 1.82) is 0 Å². The lowest BCUT2D eigenvalue weighted by Gasteiger charge is -2.37. The average Bonchev–Trinajstić information content (AvgIpc) is 3.01. The van der Waals surface area contributed by atoms with Crippen molar-refractivity contribution in [1.82, 2.24) is 9.80 Å². The number of likely N-dealkylation sites (tertiary alicyclic amines) is 1. The summed E-state index contributed by atoms with van der Waals surface area (Å²) in [5.41, 5.74) is 0. The Kier molecular flexibility index (Phi) is 5.07. The maximum atomic E-state index is 13.0. The molecular weight excluding hydrogens is 288 g/mol. The molecule has 4 unspecified atom stereocenters. The van der Waals surface area contributed by atoms with Gasteiger partial charge in [-0.15, -0.1) is 11.8 Å². The SMILES string of the molecule is CCC1CCC(C)N1C(=O)N1C(C(=O)O)CSC1C(C)C. The fourth-order valence-electron chi connectivity index (χ4n) is 3.42. The molecule has 2 aliphatic rings. The average molecular weight is 314 g/mol. The Balaban J connectivity index is 2.26. The van der Waals surface area contributed by atoms with Crippen LogP contribution in [0.3, 0.4) is 0 Å². The topological polar surface area (TPSA) is 60.9 Å². The molecule has 0 spiro atoms. The lowest BCUT2D eigenvalue weighted by molar-refractivity contribution is -0.141. The second-order valence-electron chi connectivity index (χ2n) is 6.41. The number of carbonyl (C=O) groups is 2. The van der Waals surface area contributed by atoms with E-state index >= 15 is 0 Å². The molecule has 2 heterocycles. The van der Waals surface area contributed by atoms with E-state index in [1.54, 1.807) is 16.7 Å². The van der Waals surface area contributed by atoms with Gasteiger partial charge in [0.25, 0.3) is 0 Å². The highest BCUT2D eigenvalue weighted by atomic mass is 32.2. The standard InChI is InChI=1S/C15H26N2O3S/c1-5-11-7-6-10(4)16(11)15(20)17-12(14(18)19)8-21-13(17)9(2)3/h9-13H,5-8H2,1-4H3,(H,18,19). The first-order valence-corrected chi connectivity index (χ1v) is 8.88. The highest BCUT2D eigenvalue weighted by Crippen LogP contribution is 2.37. The zero-order valence-corrected chi connectivity index (χ0v) is 14.1. The molecule has 0 radical (unpaired) electrons. The molecule has 2 amide bonds. The molecule has 0 aromatic carbocycles. The van der Waals surface area contributed by atoms with Crippen molar-refractivity contribution in [3.05, 3.63) is 0 Å². The number of hydrogen-bond acceptors (Lipinski definition) is 3. The number of carboxylic acids is 1. The van der Waals surface area contributed by atoms with Gasteiger partial charge in [-0.3, -0.25) is 4.90 Å². The number of nitrogens with zero attached hydrogens (tertiary/aromatic N) is 2. The highest BCUT2D eigenvalue weighted by molar-refractivity contribution is 8.00. The van der Waals surface area contributed by atoms with Crippen LogP contribution in [0.25, 0.3) is 0 Å². The van der Waals surface area contributed by atoms with Crippen LogP contribution >= 0.6 is 11.8 Å². The Morgan fingerprint density at radius 1 is 1.29 bits per heavy atom. The van der Waals surface area contributed by atoms with E-state index in [0.717, 1.165) is 19.3 Å². The number of aliphatic carboxylic acids is 1. The van der Waals surface area contributed by atoms with Crippen LogP contribution in [0, 0.1) is 5.92 Å². The van der Waals surface area contributed by atoms with Crippen LogP contribution in [0.1, 0.15) is 47.0 Å². The van der Waals surface area contributed by atoms with Gasteiger partial charge in [0.2, 0.25) is 0 Å². The van der Waals surface area contributed by atoms with Gasteiger partial charge in [0.1, 0.15) is 6.04 Å². The molecule has 120 valence electrons. The molecule has 6 heteroatoms. The predicted octanol–water partition coefficient (Wildman–Crippen LogP) is 2.85. The molecule has 0 aromatic heterocycles. The normalized spacial score (nSPS) is 33.0. The molecule has 0 aliphatic carbocycles. The molecule has 0 aromatic rings. The molecule has 1 N–H and O–H groups in total. The zero-order chi connectivity index (χ0) is 15.7. The van der Waals surface area contributed by atoms with Gasteiger partial charge in [0.15, 0.2) is 0 Å². The third-order valence-corrected chi connectivity index (χ3v) is 6.21.